The number of carbonyl (C=O) groups is 2. The van der Waals surface area contributed by atoms with Crippen LogP contribution in [0, 0.1) is 5.82 Å². The van der Waals surface area contributed by atoms with Crippen molar-refractivity contribution in [1.29, 1.82) is 0 Å². The van der Waals surface area contributed by atoms with Gasteiger partial charge in [0.25, 0.3) is 5.91 Å². The number of benzene rings is 2. The summed E-state index contributed by atoms with van der Waals surface area (Å²) in [7, 11) is -1.35. The van der Waals surface area contributed by atoms with Gasteiger partial charge in [0.2, 0.25) is 0 Å². The molecule has 0 aliphatic carbocycles. The Morgan fingerprint density at radius 2 is 1.94 bits per heavy atom. The standard InChI is InChI=1S/C21H18FN3O5S/c1-12(2)31(29)14-4-5-18(26)16(10-14)25-20(27)15-9-13(22)3-6-19(15)30-21(28)17-11-23-7-8-24-17/h3-12,26H,1-2H3,(H,25,27). The molecule has 10 heteroatoms. The van der Waals surface area contributed by atoms with Gasteiger partial charge in [-0.3, -0.25) is 14.0 Å². The molecule has 160 valence electrons. The molecule has 3 rings (SSSR count). The lowest BCUT2D eigenvalue weighted by atomic mass is 10.1. The summed E-state index contributed by atoms with van der Waals surface area (Å²) in [5.41, 5.74) is -0.404. The highest BCUT2D eigenvalue weighted by molar-refractivity contribution is 7.85. The van der Waals surface area contributed by atoms with Gasteiger partial charge in [-0.1, -0.05) is 13.8 Å². The first kappa shape index (κ1) is 22.0. The summed E-state index contributed by atoms with van der Waals surface area (Å²) in [5, 5.41) is 12.3. The number of amides is 1. The monoisotopic (exact) mass is 443 g/mol. The molecule has 1 unspecified atom stereocenters. The smallest absolute Gasteiger partial charge is 0.363 e. The van der Waals surface area contributed by atoms with Gasteiger partial charge in [0.15, 0.2) is 5.69 Å². The summed E-state index contributed by atoms with van der Waals surface area (Å²) in [6.07, 6.45) is 3.86. The first-order valence-corrected chi connectivity index (χ1v) is 10.3. The van der Waals surface area contributed by atoms with E-state index in [-0.39, 0.29) is 33.7 Å². The van der Waals surface area contributed by atoms with Crippen LogP contribution in [-0.4, -0.2) is 36.4 Å². The summed E-state index contributed by atoms with van der Waals surface area (Å²) >= 11 is 0. The average molecular weight is 443 g/mol. The van der Waals surface area contributed by atoms with E-state index >= 15 is 0 Å². The summed E-state index contributed by atoms with van der Waals surface area (Å²) in [4.78, 5) is 33.0. The van der Waals surface area contributed by atoms with Crippen molar-refractivity contribution in [3.05, 3.63) is 72.1 Å². The number of rotatable bonds is 6. The number of ether oxygens (including phenoxy) is 1. The molecule has 31 heavy (non-hydrogen) atoms. The van der Waals surface area contributed by atoms with Crippen molar-refractivity contribution in [2.75, 3.05) is 5.32 Å². The van der Waals surface area contributed by atoms with Crippen LogP contribution in [-0.2, 0) is 10.8 Å². The van der Waals surface area contributed by atoms with E-state index in [1.54, 1.807) is 13.8 Å². The van der Waals surface area contributed by atoms with Crippen LogP contribution in [0.15, 0.2) is 59.9 Å². The van der Waals surface area contributed by atoms with Crippen LogP contribution >= 0.6 is 0 Å². The fourth-order valence-electron chi connectivity index (χ4n) is 2.53. The van der Waals surface area contributed by atoms with Crippen molar-refractivity contribution in [2.45, 2.75) is 24.0 Å². The number of phenolic OH excluding ortho intramolecular Hbond substituents is 1. The van der Waals surface area contributed by atoms with Gasteiger partial charge in [0.1, 0.15) is 17.3 Å². The molecule has 0 saturated carbocycles. The molecule has 2 aromatic carbocycles. The zero-order valence-corrected chi connectivity index (χ0v) is 17.4. The minimum Gasteiger partial charge on any atom is -0.506 e. The van der Waals surface area contributed by atoms with E-state index in [9.17, 15) is 23.3 Å². The van der Waals surface area contributed by atoms with Crippen molar-refractivity contribution in [1.82, 2.24) is 9.97 Å². The van der Waals surface area contributed by atoms with Crippen LogP contribution in [0.5, 0.6) is 11.5 Å². The second-order valence-corrected chi connectivity index (χ2v) is 8.61. The SMILES string of the molecule is CC(C)S(=O)c1ccc(O)c(NC(=O)c2cc(F)ccc2OC(=O)c2cnccn2)c1. The number of hydrogen-bond donors (Lipinski definition) is 2. The molecule has 0 fully saturated rings. The third-order valence-electron chi connectivity index (χ3n) is 4.04. The lowest BCUT2D eigenvalue weighted by Crippen LogP contribution is -2.17. The van der Waals surface area contributed by atoms with E-state index in [2.05, 4.69) is 15.3 Å². The van der Waals surface area contributed by atoms with E-state index < -0.39 is 28.5 Å². The topological polar surface area (TPSA) is 118 Å². The highest BCUT2D eigenvalue weighted by Gasteiger charge is 2.20. The van der Waals surface area contributed by atoms with Crippen LogP contribution in [0.3, 0.4) is 0 Å². The summed E-state index contributed by atoms with van der Waals surface area (Å²) in [6.45, 7) is 3.54. The third kappa shape index (κ3) is 5.28. The Balaban J connectivity index is 1.89. The maximum atomic E-state index is 13.8. The number of nitrogens with zero attached hydrogens (tertiary/aromatic N) is 2. The summed E-state index contributed by atoms with van der Waals surface area (Å²) in [5.74, 6) is -2.94. The molecule has 1 amide bonds. The molecule has 3 aromatic rings. The van der Waals surface area contributed by atoms with Crippen molar-refractivity contribution < 1.29 is 28.0 Å². The molecule has 8 nitrogen and oxygen atoms in total. The molecule has 0 bridgehead atoms. The molecule has 0 radical (unpaired) electrons. The van der Waals surface area contributed by atoms with Crippen LogP contribution < -0.4 is 10.1 Å². The highest BCUT2D eigenvalue weighted by Crippen LogP contribution is 2.29. The fourth-order valence-corrected chi connectivity index (χ4v) is 3.51. The van der Waals surface area contributed by atoms with E-state index in [4.69, 9.17) is 4.74 Å². The van der Waals surface area contributed by atoms with Gasteiger partial charge in [-0.15, -0.1) is 0 Å². The Morgan fingerprint density at radius 1 is 1.16 bits per heavy atom. The maximum absolute atomic E-state index is 13.8. The maximum Gasteiger partial charge on any atom is 0.363 e. The van der Waals surface area contributed by atoms with Crippen LogP contribution in [0.4, 0.5) is 10.1 Å². The zero-order valence-electron chi connectivity index (χ0n) is 16.5. The van der Waals surface area contributed by atoms with E-state index in [0.29, 0.717) is 4.90 Å². The lowest BCUT2D eigenvalue weighted by Gasteiger charge is -2.13. The van der Waals surface area contributed by atoms with E-state index in [1.165, 1.54) is 36.8 Å². The summed E-state index contributed by atoms with van der Waals surface area (Å²) < 4.78 is 31.3. The zero-order chi connectivity index (χ0) is 22.5. The highest BCUT2D eigenvalue weighted by atomic mass is 32.2. The molecule has 0 saturated heterocycles. The summed E-state index contributed by atoms with van der Waals surface area (Å²) in [6, 6.07) is 7.20. The number of halogens is 1. The number of aromatic hydroxyl groups is 1. The second kappa shape index (κ2) is 9.43. The number of carbonyl (C=O) groups excluding carboxylic acids is 2. The van der Waals surface area contributed by atoms with Crippen LogP contribution in [0.1, 0.15) is 34.7 Å². The number of phenols is 1. The molecule has 1 heterocycles. The predicted molar refractivity (Wildman–Crippen MR) is 111 cm³/mol. The van der Waals surface area contributed by atoms with Crippen molar-refractivity contribution >= 4 is 28.4 Å². The quantitative estimate of drug-likeness (QED) is 0.341. The Kier molecular flexibility index (Phi) is 6.71. The lowest BCUT2D eigenvalue weighted by molar-refractivity contribution is 0.0726. The van der Waals surface area contributed by atoms with Gasteiger partial charge in [-0.25, -0.2) is 14.2 Å². The van der Waals surface area contributed by atoms with E-state index in [1.807, 2.05) is 0 Å². The molecule has 0 aliphatic heterocycles. The Morgan fingerprint density at radius 3 is 2.61 bits per heavy atom. The minimum atomic E-state index is -1.35. The van der Waals surface area contributed by atoms with Gasteiger partial charge in [-0.2, -0.15) is 0 Å². The Bertz CT molecular complexity index is 1160. The molecule has 0 aliphatic rings. The van der Waals surface area contributed by atoms with Gasteiger partial charge >= 0.3 is 5.97 Å². The average Bonchev–Trinajstić information content (AvgIpc) is 2.76. The van der Waals surface area contributed by atoms with Gasteiger partial charge in [-0.05, 0) is 36.4 Å². The molecular formula is C21H18FN3O5S. The van der Waals surface area contributed by atoms with Crippen molar-refractivity contribution in [3.8, 4) is 11.5 Å². The van der Waals surface area contributed by atoms with Gasteiger partial charge < -0.3 is 15.2 Å². The normalized spacial score (nSPS) is 11.7. The number of esters is 1. The van der Waals surface area contributed by atoms with Crippen LogP contribution in [0.2, 0.25) is 0 Å². The largest absolute Gasteiger partial charge is 0.506 e. The first-order valence-electron chi connectivity index (χ1n) is 9.09. The van der Waals surface area contributed by atoms with Gasteiger partial charge in [0, 0.05) is 22.5 Å². The number of nitrogens with one attached hydrogen (secondary N) is 1. The van der Waals surface area contributed by atoms with E-state index in [0.717, 1.165) is 18.2 Å². The number of hydrogen-bond acceptors (Lipinski definition) is 7. The Labute approximate surface area is 179 Å². The number of anilines is 1. The van der Waals surface area contributed by atoms with Crippen molar-refractivity contribution in [3.63, 3.8) is 0 Å². The Hall–Kier alpha value is -3.66. The molecule has 1 aromatic heterocycles. The second-order valence-electron chi connectivity index (χ2n) is 6.60. The van der Waals surface area contributed by atoms with Crippen LogP contribution in [0.25, 0.3) is 0 Å². The fraction of sp³-hybridized carbons (Fsp3) is 0.143. The van der Waals surface area contributed by atoms with Gasteiger partial charge in [0.05, 0.1) is 28.2 Å². The number of aromatic nitrogens is 2. The molecule has 0 spiro atoms. The molecule has 2 N–H and O–H groups in total. The molecule has 1 atom stereocenters. The predicted octanol–water partition coefficient (Wildman–Crippen LogP) is 3.31. The first-order chi connectivity index (χ1) is 14.8. The van der Waals surface area contributed by atoms with Crippen molar-refractivity contribution in [2.24, 2.45) is 0 Å². The third-order valence-corrected chi connectivity index (χ3v) is 5.61. The molecular weight excluding hydrogens is 425 g/mol. The minimum absolute atomic E-state index is 0.0213.